The second kappa shape index (κ2) is 63.5. The molecule has 0 spiro atoms. The first-order valence-corrected chi connectivity index (χ1v) is 36.9. The number of hydrogen-bond donors (Lipinski definition) is 1. The van der Waals surface area contributed by atoms with Crippen molar-refractivity contribution in [2.24, 2.45) is 0 Å². The van der Waals surface area contributed by atoms with Crippen LogP contribution in [0.15, 0.2) is 48.6 Å². The van der Waals surface area contributed by atoms with E-state index in [0.717, 1.165) is 70.6 Å². The lowest BCUT2D eigenvalue weighted by Crippen LogP contribution is -2.37. The van der Waals surface area contributed by atoms with Gasteiger partial charge in [-0.3, -0.25) is 18.6 Å². The summed E-state index contributed by atoms with van der Waals surface area (Å²) in [6.45, 7) is 4.45. The molecule has 0 radical (unpaired) electrons. The third-order valence-electron chi connectivity index (χ3n) is 15.8. The summed E-state index contributed by atoms with van der Waals surface area (Å²) in [5.74, 6) is -0.797. The Labute approximate surface area is 509 Å². The number of esters is 2. The number of phosphoric acid groups is 1. The molecule has 0 fully saturated rings. The lowest BCUT2D eigenvalue weighted by Gasteiger charge is -2.24. The van der Waals surface area contributed by atoms with Gasteiger partial charge in [0.1, 0.15) is 19.8 Å². The Morgan fingerprint density at radius 1 is 0.378 bits per heavy atom. The zero-order chi connectivity index (χ0) is 59.8. The Balaban J connectivity index is 3.95. The lowest BCUT2D eigenvalue weighted by molar-refractivity contribution is -0.870. The molecular formula is C72H137NO8P+. The highest BCUT2D eigenvalue weighted by molar-refractivity contribution is 7.47. The molecule has 0 aromatic rings. The van der Waals surface area contributed by atoms with Gasteiger partial charge in [0.2, 0.25) is 0 Å². The van der Waals surface area contributed by atoms with Crippen molar-refractivity contribution < 1.29 is 42.1 Å². The first-order chi connectivity index (χ1) is 40.0. The summed E-state index contributed by atoms with van der Waals surface area (Å²) in [7, 11) is 1.48. The molecule has 0 bridgehead atoms. The molecule has 0 aliphatic carbocycles. The smallest absolute Gasteiger partial charge is 0.462 e. The topological polar surface area (TPSA) is 108 Å². The number of carbonyl (C=O) groups excluding carboxylic acids is 2. The molecular weight excluding hydrogens is 1040 g/mol. The Morgan fingerprint density at radius 2 is 0.659 bits per heavy atom. The number of nitrogens with zero attached hydrogens (tertiary/aromatic N) is 1. The molecule has 482 valence electrons. The Morgan fingerprint density at radius 3 is 0.988 bits per heavy atom. The van der Waals surface area contributed by atoms with Crippen molar-refractivity contribution in [2.45, 2.75) is 354 Å². The second-order valence-electron chi connectivity index (χ2n) is 25.3. The maximum atomic E-state index is 12.8. The summed E-state index contributed by atoms with van der Waals surface area (Å²) in [5, 5.41) is 0. The van der Waals surface area contributed by atoms with Crippen LogP contribution in [-0.4, -0.2) is 74.9 Å². The molecule has 9 nitrogen and oxygen atoms in total. The molecule has 0 aliphatic heterocycles. The van der Waals surface area contributed by atoms with E-state index in [1.54, 1.807) is 0 Å². The number of unbranched alkanes of at least 4 members (excludes halogenated alkanes) is 44. The van der Waals surface area contributed by atoms with Crippen molar-refractivity contribution in [1.82, 2.24) is 0 Å². The fourth-order valence-corrected chi connectivity index (χ4v) is 11.1. The second-order valence-corrected chi connectivity index (χ2v) is 26.7. The third kappa shape index (κ3) is 67.1. The van der Waals surface area contributed by atoms with E-state index in [1.165, 1.54) is 244 Å². The predicted octanol–water partition coefficient (Wildman–Crippen LogP) is 22.8. The number of likely N-dealkylation sites (N-methyl/N-ethyl adjacent to an activating group) is 1. The third-order valence-corrected chi connectivity index (χ3v) is 16.8. The maximum Gasteiger partial charge on any atom is 0.472 e. The minimum atomic E-state index is -4.39. The number of rotatable bonds is 66. The van der Waals surface area contributed by atoms with Gasteiger partial charge < -0.3 is 18.9 Å². The monoisotopic (exact) mass is 1180 g/mol. The number of hydrogen-bond acceptors (Lipinski definition) is 7. The van der Waals surface area contributed by atoms with Gasteiger partial charge in [0.15, 0.2) is 6.10 Å². The van der Waals surface area contributed by atoms with Crippen LogP contribution in [0.1, 0.15) is 348 Å². The van der Waals surface area contributed by atoms with Crippen LogP contribution in [0, 0.1) is 0 Å². The molecule has 0 rings (SSSR count). The largest absolute Gasteiger partial charge is 0.472 e. The fourth-order valence-electron chi connectivity index (χ4n) is 10.4. The number of allylic oxidation sites excluding steroid dienone is 8. The normalized spacial score (nSPS) is 13.4. The first-order valence-electron chi connectivity index (χ1n) is 35.4. The standard InChI is InChI=1S/C72H136NO8P/c1-6-8-10-12-14-16-18-20-22-24-26-28-29-30-31-32-33-34-35-36-37-38-39-40-41-42-43-45-46-48-50-52-54-56-58-60-62-64-71(74)78-68-70(69-80-82(76,77)79-67-66-73(3,4)5)81-72(75)65-63-61-59-57-55-53-51-49-47-44-27-25-23-21-19-17-15-13-11-9-7-2/h19,21,24-27,47,49,70H,6-18,20,22-23,28-46,48,50-69H2,1-5H3/p+1/b21-19-,26-24-,27-25-,49-47-. The van der Waals surface area contributed by atoms with Gasteiger partial charge in [-0.2, -0.15) is 0 Å². The van der Waals surface area contributed by atoms with E-state index >= 15 is 0 Å². The highest BCUT2D eigenvalue weighted by atomic mass is 31.2. The molecule has 0 aliphatic rings. The van der Waals surface area contributed by atoms with Gasteiger partial charge in [-0.25, -0.2) is 4.57 Å². The van der Waals surface area contributed by atoms with Crippen molar-refractivity contribution in [2.75, 3.05) is 47.5 Å². The molecule has 0 amide bonds. The average molecular weight is 1180 g/mol. The van der Waals surface area contributed by atoms with E-state index < -0.39 is 26.5 Å². The zero-order valence-electron chi connectivity index (χ0n) is 55.0. The van der Waals surface area contributed by atoms with Crippen molar-refractivity contribution >= 4 is 19.8 Å². The molecule has 82 heavy (non-hydrogen) atoms. The van der Waals surface area contributed by atoms with Crippen LogP contribution in [0.4, 0.5) is 0 Å². The van der Waals surface area contributed by atoms with Gasteiger partial charge in [-0.15, -0.1) is 0 Å². The number of quaternary nitrogens is 1. The van der Waals surface area contributed by atoms with E-state index in [0.29, 0.717) is 17.4 Å². The van der Waals surface area contributed by atoms with E-state index in [9.17, 15) is 19.0 Å². The highest BCUT2D eigenvalue weighted by Gasteiger charge is 2.27. The summed E-state index contributed by atoms with van der Waals surface area (Å²) >= 11 is 0. The van der Waals surface area contributed by atoms with Crippen molar-refractivity contribution in [3.8, 4) is 0 Å². The first kappa shape index (κ1) is 80.0. The minimum absolute atomic E-state index is 0.0295. The van der Waals surface area contributed by atoms with Gasteiger partial charge in [0.25, 0.3) is 0 Å². The number of carbonyl (C=O) groups is 2. The highest BCUT2D eigenvalue weighted by Crippen LogP contribution is 2.43. The molecule has 0 saturated carbocycles. The van der Waals surface area contributed by atoms with Gasteiger partial charge in [0, 0.05) is 12.8 Å². The van der Waals surface area contributed by atoms with Crippen LogP contribution >= 0.6 is 7.82 Å². The zero-order valence-corrected chi connectivity index (χ0v) is 55.9. The summed E-state index contributed by atoms with van der Waals surface area (Å²) in [6, 6.07) is 0. The number of ether oxygens (including phenoxy) is 2. The van der Waals surface area contributed by atoms with Gasteiger partial charge in [-0.1, -0.05) is 306 Å². The number of phosphoric ester groups is 1. The van der Waals surface area contributed by atoms with Crippen LogP contribution in [0.2, 0.25) is 0 Å². The minimum Gasteiger partial charge on any atom is -0.462 e. The van der Waals surface area contributed by atoms with Crippen LogP contribution in [0.25, 0.3) is 0 Å². The fraction of sp³-hybridized carbons (Fsp3) is 0.861. The summed E-state index contributed by atoms with van der Waals surface area (Å²) in [6.07, 6.45) is 82.3. The Kier molecular flexibility index (Phi) is 61.9. The van der Waals surface area contributed by atoms with Gasteiger partial charge >= 0.3 is 19.8 Å². The van der Waals surface area contributed by atoms with E-state index in [2.05, 4.69) is 62.5 Å². The predicted molar refractivity (Wildman–Crippen MR) is 353 cm³/mol. The molecule has 10 heteroatoms. The summed E-state index contributed by atoms with van der Waals surface area (Å²) in [5.41, 5.74) is 0. The quantitative estimate of drug-likeness (QED) is 0.0211. The summed E-state index contributed by atoms with van der Waals surface area (Å²) in [4.78, 5) is 35.8. The van der Waals surface area contributed by atoms with Crippen LogP contribution in [0.5, 0.6) is 0 Å². The Hall–Kier alpha value is -2.03. The molecule has 0 aromatic heterocycles. The molecule has 0 heterocycles. The van der Waals surface area contributed by atoms with Crippen molar-refractivity contribution in [1.29, 1.82) is 0 Å². The van der Waals surface area contributed by atoms with Crippen molar-refractivity contribution in [3.63, 3.8) is 0 Å². The molecule has 2 unspecified atom stereocenters. The maximum absolute atomic E-state index is 12.8. The van der Waals surface area contributed by atoms with Crippen LogP contribution in [0.3, 0.4) is 0 Å². The lowest BCUT2D eigenvalue weighted by atomic mass is 10.0. The molecule has 2 atom stereocenters. The van der Waals surface area contributed by atoms with Crippen LogP contribution in [-0.2, 0) is 32.7 Å². The Bertz CT molecular complexity index is 1520. The molecule has 0 aromatic carbocycles. The average Bonchev–Trinajstić information content (AvgIpc) is 3.46. The van der Waals surface area contributed by atoms with Crippen LogP contribution < -0.4 is 0 Å². The van der Waals surface area contributed by atoms with E-state index in [1.807, 2.05) is 21.1 Å². The van der Waals surface area contributed by atoms with Gasteiger partial charge in [-0.05, 0) is 77.0 Å². The molecule has 1 N–H and O–H groups in total. The van der Waals surface area contributed by atoms with E-state index in [4.69, 9.17) is 18.5 Å². The SMILES string of the molecule is CCCCCCC/C=C\C/C=C\C/C=C\CCCCCCCCC(=O)OC(COC(=O)CCCCCCCCCCCCCCCCCCCCCCCCCCC/C=C\CCCCCCCCCC)COP(=O)(O)OCC[N+](C)(C)C. The van der Waals surface area contributed by atoms with Gasteiger partial charge in [0.05, 0.1) is 27.7 Å². The molecule has 0 saturated heterocycles. The summed E-state index contributed by atoms with van der Waals surface area (Å²) < 4.78 is 34.7. The van der Waals surface area contributed by atoms with Crippen molar-refractivity contribution in [3.05, 3.63) is 48.6 Å². The van der Waals surface area contributed by atoms with E-state index in [-0.39, 0.29) is 32.0 Å².